The fourth-order valence-corrected chi connectivity index (χ4v) is 3.85. The van der Waals surface area contributed by atoms with Crippen molar-refractivity contribution in [1.29, 1.82) is 0 Å². The number of rotatable bonds is 3. The van der Waals surface area contributed by atoms with E-state index in [-0.39, 0.29) is 11.8 Å². The van der Waals surface area contributed by atoms with Crippen molar-refractivity contribution in [3.63, 3.8) is 0 Å². The number of piperidine rings is 1. The Labute approximate surface area is 107 Å². The van der Waals surface area contributed by atoms with Gasteiger partial charge in [0, 0.05) is 14.7 Å². The fraction of sp³-hybridized carbons (Fsp3) is 0.545. The summed E-state index contributed by atoms with van der Waals surface area (Å²) in [6, 6.07) is 1.94. The fourth-order valence-electron chi connectivity index (χ4n) is 2.22. The molecule has 88 valence electrons. The molecule has 3 nitrogen and oxygen atoms in total. The third-order valence-electron chi connectivity index (χ3n) is 3.02. The van der Waals surface area contributed by atoms with Gasteiger partial charge in [-0.3, -0.25) is 4.79 Å². The minimum Gasteiger partial charge on any atom is -0.481 e. The lowest BCUT2D eigenvalue weighted by atomic mass is 9.84. The Morgan fingerprint density at radius 3 is 2.75 bits per heavy atom. The van der Waals surface area contributed by atoms with E-state index in [1.165, 1.54) is 11.3 Å². The first-order valence-corrected chi connectivity index (χ1v) is 7.03. The summed E-state index contributed by atoms with van der Waals surface area (Å²) in [5.74, 6) is -0.760. The number of aliphatic carboxylic acids is 1. The quantitative estimate of drug-likeness (QED) is 0.902. The Hall–Kier alpha value is -0.390. The average Bonchev–Trinajstić information content (AvgIpc) is 2.66. The van der Waals surface area contributed by atoms with Gasteiger partial charge in [0.2, 0.25) is 0 Å². The van der Waals surface area contributed by atoms with Crippen LogP contribution in [-0.4, -0.2) is 24.2 Å². The van der Waals surface area contributed by atoms with Crippen LogP contribution in [0.3, 0.4) is 0 Å². The molecule has 2 heterocycles. The Balaban J connectivity index is 2.19. The highest BCUT2D eigenvalue weighted by molar-refractivity contribution is 9.10. The molecule has 1 atom stereocenters. The van der Waals surface area contributed by atoms with Crippen molar-refractivity contribution in [3.8, 4) is 0 Å². The molecule has 1 aromatic rings. The SMILES string of the molecule is O=C(O)C(c1cc(Br)cs1)C1CCNCC1. The molecule has 1 fully saturated rings. The van der Waals surface area contributed by atoms with Crippen molar-refractivity contribution in [1.82, 2.24) is 5.32 Å². The van der Waals surface area contributed by atoms with Crippen LogP contribution in [0.1, 0.15) is 23.6 Å². The second-order valence-corrected chi connectivity index (χ2v) is 5.93. The predicted molar refractivity (Wildman–Crippen MR) is 68.0 cm³/mol. The zero-order valence-electron chi connectivity index (χ0n) is 8.78. The second-order valence-electron chi connectivity index (χ2n) is 4.07. The topological polar surface area (TPSA) is 49.3 Å². The standard InChI is InChI=1S/C11H14BrNO2S/c12-8-5-9(16-6-8)10(11(14)15)7-1-3-13-4-2-7/h5-7,10,13H,1-4H2,(H,14,15). The van der Waals surface area contributed by atoms with Crippen molar-refractivity contribution in [3.05, 3.63) is 20.8 Å². The molecule has 0 aliphatic carbocycles. The first kappa shape index (κ1) is 12.1. The first-order valence-electron chi connectivity index (χ1n) is 5.36. The summed E-state index contributed by atoms with van der Waals surface area (Å²) in [5, 5.41) is 14.6. The number of carboxylic acids is 1. The van der Waals surface area contributed by atoms with E-state index in [2.05, 4.69) is 21.2 Å². The molecular formula is C11H14BrNO2S. The highest BCUT2D eigenvalue weighted by atomic mass is 79.9. The molecule has 1 saturated heterocycles. The smallest absolute Gasteiger partial charge is 0.312 e. The molecule has 1 unspecified atom stereocenters. The van der Waals surface area contributed by atoms with E-state index in [1.54, 1.807) is 0 Å². The van der Waals surface area contributed by atoms with E-state index < -0.39 is 5.97 Å². The van der Waals surface area contributed by atoms with E-state index in [0.29, 0.717) is 0 Å². The molecule has 2 rings (SSSR count). The minimum absolute atomic E-state index is 0.268. The Morgan fingerprint density at radius 2 is 2.25 bits per heavy atom. The molecule has 0 saturated carbocycles. The highest BCUT2D eigenvalue weighted by Gasteiger charge is 2.31. The number of hydrogen-bond donors (Lipinski definition) is 2. The van der Waals surface area contributed by atoms with Crippen LogP contribution in [0.5, 0.6) is 0 Å². The molecule has 0 aromatic carbocycles. The van der Waals surface area contributed by atoms with Gasteiger partial charge < -0.3 is 10.4 Å². The summed E-state index contributed by atoms with van der Waals surface area (Å²) in [6.45, 7) is 1.86. The van der Waals surface area contributed by atoms with Crippen molar-refractivity contribution < 1.29 is 9.90 Å². The molecule has 5 heteroatoms. The zero-order valence-corrected chi connectivity index (χ0v) is 11.2. The van der Waals surface area contributed by atoms with Gasteiger partial charge in [-0.25, -0.2) is 0 Å². The average molecular weight is 304 g/mol. The number of thiophene rings is 1. The number of nitrogens with one attached hydrogen (secondary N) is 1. The van der Waals surface area contributed by atoms with E-state index in [9.17, 15) is 9.90 Å². The van der Waals surface area contributed by atoms with Gasteiger partial charge >= 0.3 is 5.97 Å². The minimum atomic E-state index is -0.693. The van der Waals surface area contributed by atoms with Crippen LogP contribution >= 0.6 is 27.3 Å². The predicted octanol–water partition coefficient (Wildman–Crippen LogP) is 2.68. The van der Waals surface area contributed by atoms with E-state index >= 15 is 0 Å². The number of hydrogen-bond acceptors (Lipinski definition) is 3. The Morgan fingerprint density at radius 1 is 1.56 bits per heavy atom. The maximum absolute atomic E-state index is 11.4. The highest BCUT2D eigenvalue weighted by Crippen LogP contribution is 2.36. The van der Waals surface area contributed by atoms with Gasteiger partial charge in [0.15, 0.2) is 0 Å². The van der Waals surface area contributed by atoms with Gasteiger partial charge in [-0.2, -0.15) is 0 Å². The zero-order chi connectivity index (χ0) is 11.5. The summed E-state index contributed by atoms with van der Waals surface area (Å²) in [6.07, 6.45) is 1.90. The molecule has 16 heavy (non-hydrogen) atoms. The van der Waals surface area contributed by atoms with Gasteiger partial charge in [0.1, 0.15) is 0 Å². The molecule has 1 aromatic heterocycles. The van der Waals surface area contributed by atoms with Crippen LogP contribution in [0.15, 0.2) is 15.9 Å². The van der Waals surface area contributed by atoms with Gasteiger partial charge in [-0.1, -0.05) is 0 Å². The van der Waals surface area contributed by atoms with E-state index in [0.717, 1.165) is 35.3 Å². The van der Waals surface area contributed by atoms with Gasteiger partial charge in [-0.05, 0) is 53.8 Å². The lowest BCUT2D eigenvalue weighted by molar-refractivity contribution is -0.140. The van der Waals surface area contributed by atoms with Crippen LogP contribution in [-0.2, 0) is 4.79 Å². The monoisotopic (exact) mass is 303 g/mol. The van der Waals surface area contributed by atoms with Crippen molar-refractivity contribution in [2.75, 3.05) is 13.1 Å². The van der Waals surface area contributed by atoms with E-state index in [4.69, 9.17) is 0 Å². The molecule has 1 aliphatic heterocycles. The third-order valence-corrected chi connectivity index (χ3v) is 4.79. The van der Waals surface area contributed by atoms with Gasteiger partial charge in [-0.15, -0.1) is 11.3 Å². The molecule has 1 aliphatic rings. The summed E-state index contributed by atoms with van der Waals surface area (Å²) < 4.78 is 0.979. The van der Waals surface area contributed by atoms with Crippen molar-refractivity contribution in [2.45, 2.75) is 18.8 Å². The lowest BCUT2D eigenvalue weighted by Gasteiger charge is -2.27. The van der Waals surface area contributed by atoms with Crippen LogP contribution in [0.25, 0.3) is 0 Å². The van der Waals surface area contributed by atoms with E-state index in [1.807, 2.05) is 11.4 Å². The summed E-state index contributed by atoms with van der Waals surface area (Å²) in [4.78, 5) is 12.3. The first-order chi connectivity index (χ1) is 7.68. The second kappa shape index (κ2) is 5.29. The summed E-state index contributed by atoms with van der Waals surface area (Å²) >= 11 is 4.91. The summed E-state index contributed by atoms with van der Waals surface area (Å²) in [5.41, 5.74) is 0. The molecule has 0 bridgehead atoms. The maximum Gasteiger partial charge on any atom is 0.312 e. The molecule has 0 amide bonds. The third kappa shape index (κ3) is 2.64. The molecule has 0 spiro atoms. The Kier molecular flexibility index (Phi) is 4.00. The van der Waals surface area contributed by atoms with Crippen LogP contribution in [0.2, 0.25) is 0 Å². The van der Waals surface area contributed by atoms with Gasteiger partial charge in [0.05, 0.1) is 5.92 Å². The molecule has 2 N–H and O–H groups in total. The largest absolute Gasteiger partial charge is 0.481 e. The number of carboxylic acid groups (broad SMARTS) is 1. The lowest BCUT2D eigenvalue weighted by Crippen LogP contribution is -2.33. The molecular weight excluding hydrogens is 290 g/mol. The van der Waals surface area contributed by atoms with Crippen LogP contribution in [0, 0.1) is 5.92 Å². The number of halogens is 1. The van der Waals surface area contributed by atoms with Crippen molar-refractivity contribution >= 4 is 33.2 Å². The van der Waals surface area contributed by atoms with Crippen LogP contribution < -0.4 is 5.32 Å². The van der Waals surface area contributed by atoms with Gasteiger partial charge in [0.25, 0.3) is 0 Å². The number of carbonyl (C=O) groups is 1. The maximum atomic E-state index is 11.4. The normalized spacial score (nSPS) is 19.6. The summed E-state index contributed by atoms with van der Waals surface area (Å²) in [7, 11) is 0. The van der Waals surface area contributed by atoms with Crippen LogP contribution in [0.4, 0.5) is 0 Å². The Bertz CT molecular complexity index is 374. The molecule has 0 radical (unpaired) electrons. The van der Waals surface area contributed by atoms with Crippen molar-refractivity contribution in [2.24, 2.45) is 5.92 Å².